The summed E-state index contributed by atoms with van der Waals surface area (Å²) in [4.78, 5) is 0. The number of hydrogen-bond donors (Lipinski definition) is 2. The highest BCUT2D eigenvalue weighted by Crippen LogP contribution is 2.20. The Morgan fingerprint density at radius 1 is 1.40 bits per heavy atom. The summed E-state index contributed by atoms with van der Waals surface area (Å²) in [7, 11) is 0. The summed E-state index contributed by atoms with van der Waals surface area (Å²) in [5, 5.41) is 3.21. The Morgan fingerprint density at radius 3 is 2.73 bits per heavy atom. The van der Waals surface area contributed by atoms with Gasteiger partial charge in [-0.15, -0.1) is 0 Å². The SMILES string of the molecule is NC(CNC1CC1)c1ccc(F)cc1F. The van der Waals surface area contributed by atoms with Crippen LogP contribution in [0.2, 0.25) is 0 Å². The molecule has 2 rings (SSSR count). The molecular weight excluding hydrogens is 198 g/mol. The molecule has 82 valence electrons. The van der Waals surface area contributed by atoms with Crippen LogP contribution in [0.4, 0.5) is 8.78 Å². The molecule has 3 N–H and O–H groups in total. The first-order valence-electron chi connectivity index (χ1n) is 5.10. The van der Waals surface area contributed by atoms with Crippen molar-refractivity contribution in [3.63, 3.8) is 0 Å². The first kappa shape index (κ1) is 10.5. The summed E-state index contributed by atoms with van der Waals surface area (Å²) in [5.41, 5.74) is 6.16. The van der Waals surface area contributed by atoms with Crippen molar-refractivity contribution < 1.29 is 8.78 Å². The van der Waals surface area contributed by atoms with Crippen molar-refractivity contribution in [2.75, 3.05) is 6.54 Å². The highest BCUT2D eigenvalue weighted by molar-refractivity contribution is 5.22. The van der Waals surface area contributed by atoms with Crippen LogP contribution in [0.1, 0.15) is 24.4 Å². The molecule has 0 aliphatic heterocycles. The zero-order valence-electron chi connectivity index (χ0n) is 8.34. The van der Waals surface area contributed by atoms with E-state index in [4.69, 9.17) is 5.73 Å². The van der Waals surface area contributed by atoms with Gasteiger partial charge in [0.05, 0.1) is 0 Å². The fourth-order valence-electron chi connectivity index (χ4n) is 1.49. The first-order chi connectivity index (χ1) is 7.16. The van der Waals surface area contributed by atoms with Crippen LogP contribution >= 0.6 is 0 Å². The second-order valence-corrected chi connectivity index (χ2v) is 3.95. The minimum atomic E-state index is -0.571. The fourth-order valence-corrected chi connectivity index (χ4v) is 1.49. The average Bonchev–Trinajstić information content (AvgIpc) is 2.97. The van der Waals surface area contributed by atoms with E-state index < -0.39 is 17.7 Å². The molecule has 0 amide bonds. The van der Waals surface area contributed by atoms with Crippen molar-refractivity contribution in [3.05, 3.63) is 35.4 Å². The number of benzene rings is 1. The molecule has 1 aliphatic rings. The van der Waals surface area contributed by atoms with E-state index in [-0.39, 0.29) is 0 Å². The molecule has 2 nitrogen and oxygen atoms in total. The second kappa shape index (κ2) is 4.24. The van der Waals surface area contributed by atoms with Gasteiger partial charge in [-0.05, 0) is 18.9 Å². The van der Waals surface area contributed by atoms with Gasteiger partial charge in [0.2, 0.25) is 0 Å². The van der Waals surface area contributed by atoms with Crippen LogP contribution in [0.5, 0.6) is 0 Å². The molecule has 0 aromatic heterocycles. The minimum Gasteiger partial charge on any atom is -0.323 e. The Hall–Kier alpha value is -1.00. The zero-order chi connectivity index (χ0) is 10.8. The zero-order valence-corrected chi connectivity index (χ0v) is 8.34. The van der Waals surface area contributed by atoms with Crippen LogP contribution in [0.3, 0.4) is 0 Å². The lowest BCUT2D eigenvalue weighted by Crippen LogP contribution is -2.29. The van der Waals surface area contributed by atoms with Crippen LogP contribution in [0, 0.1) is 11.6 Å². The summed E-state index contributed by atoms with van der Waals surface area (Å²) in [5.74, 6) is -1.14. The quantitative estimate of drug-likeness (QED) is 0.797. The molecule has 4 heteroatoms. The van der Waals surface area contributed by atoms with E-state index in [2.05, 4.69) is 5.32 Å². The van der Waals surface area contributed by atoms with E-state index in [1.54, 1.807) is 0 Å². The van der Waals surface area contributed by atoms with Crippen LogP contribution in [-0.2, 0) is 0 Å². The van der Waals surface area contributed by atoms with Gasteiger partial charge in [-0.25, -0.2) is 8.78 Å². The van der Waals surface area contributed by atoms with Gasteiger partial charge in [0.1, 0.15) is 11.6 Å². The second-order valence-electron chi connectivity index (χ2n) is 3.95. The topological polar surface area (TPSA) is 38.0 Å². The maximum absolute atomic E-state index is 13.3. The van der Waals surface area contributed by atoms with Gasteiger partial charge in [0.25, 0.3) is 0 Å². The number of hydrogen-bond acceptors (Lipinski definition) is 2. The highest BCUT2D eigenvalue weighted by Gasteiger charge is 2.22. The van der Waals surface area contributed by atoms with Gasteiger partial charge in [-0.2, -0.15) is 0 Å². The summed E-state index contributed by atoms with van der Waals surface area (Å²) in [6.07, 6.45) is 2.33. The number of nitrogens with one attached hydrogen (secondary N) is 1. The third-order valence-electron chi connectivity index (χ3n) is 2.57. The predicted octanol–water partition coefficient (Wildman–Crippen LogP) is 1.72. The molecule has 15 heavy (non-hydrogen) atoms. The Kier molecular flexibility index (Phi) is 2.98. The van der Waals surface area contributed by atoms with E-state index in [1.165, 1.54) is 25.0 Å². The van der Waals surface area contributed by atoms with Gasteiger partial charge in [0.15, 0.2) is 0 Å². The van der Waals surface area contributed by atoms with Gasteiger partial charge >= 0.3 is 0 Å². The van der Waals surface area contributed by atoms with Crippen molar-refractivity contribution in [1.29, 1.82) is 0 Å². The van der Waals surface area contributed by atoms with Crippen LogP contribution in [0.15, 0.2) is 18.2 Å². The molecular formula is C11H14F2N2. The molecule has 1 aromatic rings. The van der Waals surface area contributed by atoms with Crippen LogP contribution in [-0.4, -0.2) is 12.6 Å². The summed E-state index contributed by atoms with van der Waals surface area (Å²) in [6.45, 7) is 0.535. The van der Waals surface area contributed by atoms with E-state index in [9.17, 15) is 8.78 Å². The summed E-state index contributed by atoms with van der Waals surface area (Å²) >= 11 is 0. The number of halogens is 2. The molecule has 0 bridgehead atoms. The van der Waals surface area contributed by atoms with Gasteiger partial charge in [-0.3, -0.25) is 0 Å². The predicted molar refractivity (Wildman–Crippen MR) is 54.3 cm³/mol. The fraction of sp³-hybridized carbons (Fsp3) is 0.455. The van der Waals surface area contributed by atoms with Gasteiger partial charge < -0.3 is 11.1 Å². The smallest absolute Gasteiger partial charge is 0.130 e. The Morgan fingerprint density at radius 2 is 2.13 bits per heavy atom. The van der Waals surface area contributed by atoms with Crippen molar-refractivity contribution in [2.45, 2.75) is 24.9 Å². The van der Waals surface area contributed by atoms with Crippen LogP contribution < -0.4 is 11.1 Å². The summed E-state index contributed by atoms with van der Waals surface area (Å²) in [6, 6.07) is 3.64. The third-order valence-corrected chi connectivity index (χ3v) is 2.57. The Labute approximate surface area is 87.5 Å². The third kappa shape index (κ3) is 2.73. The van der Waals surface area contributed by atoms with Crippen molar-refractivity contribution >= 4 is 0 Å². The molecule has 0 saturated heterocycles. The molecule has 1 fully saturated rings. The van der Waals surface area contributed by atoms with Gasteiger partial charge in [0, 0.05) is 30.3 Å². The molecule has 0 radical (unpaired) electrons. The Bertz CT molecular complexity index is 350. The first-order valence-corrected chi connectivity index (χ1v) is 5.10. The molecule has 1 atom stereocenters. The molecule has 0 spiro atoms. The number of nitrogens with two attached hydrogens (primary N) is 1. The lowest BCUT2D eigenvalue weighted by atomic mass is 10.1. The molecule has 1 saturated carbocycles. The average molecular weight is 212 g/mol. The normalized spacial score (nSPS) is 17.8. The maximum atomic E-state index is 13.3. The monoisotopic (exact) mass is 212 g/mol. The summed E-state index contributed by atoms with van der Waals surface area (Å²) < 4.78 is 25.9. The number of rotatable bonds is 4. The van der Waals surface area contributed by atoms with Crippen molar-refractivity contribution in [2.24, 2.45) is 5.73 Å². The van der Waals surface area contributed by atoms with E-state index in [0.29, 0.717) is 18.2 Å². The maximum Gasteiger partial charge on any atom is 0.130 e. The Balaban J connectivity index is 1.99. The van der Waals surface area contributed by atoms with E-state index in [1.807, 2.05) is 0 Å². The minimum absolute atomic E-state index is 0.365. The van der Waals surface area contributed by atoms with E-state index in [0.717, 1.165) is 6.07 Å². The molecule has 0 heterocycles. The van der Waals surface area contributed by atoms with Crippen LogP contribution in [0.25, 0.3) is 0 Å². The highest BCUT2D eigenvalue weighted by atomic mass is 19.1. The largest absolute Gasteiger partial charge is 0.323 e. The molecule has 1 aliphatic carbocycles. The van der Waals surface area contributed by atoms with Crippen molar-refractivity contribution in [1.82, 2.24) is 5.32 Å². The standard InChI is InChI=1S/C11H14F2N2/c12-7-1-4-9(10(13)5-7)11(14)6-15-8-2-3-8/h1,4-5,8,11,15H,2-3,6,14H2. The lowest BCUT2D eigenvalue weighted by Gasteiger charge is -2.13. The van der Waals surface area contributed by atoms with Gasteiger partial charge in [-0.1, -0.05) is 6.07 Å². The van der Waals surface area contributed by atoms with E-state index >= 15 is 0 Å². The van der Waals surface area contributed by atoms with Crippen molar-refractivity contribution in [3.8, 4) is 0 Å². The molecule has 1 aromatic carbocycles. The molecule has 1 unspecified atom stereocenters. The lowest BCUT2D eigenvalue weighted by molar-refractivity contribution is 0.534.